The number of halogens is 1. The van der Waals surface area contributed by atoms with E-state index in [0.717, 1.165) is 26.8 Å². The Labute approximate surface area is 98.0 Å². The van der Waals surface area contributed by atoms with Crippen LogP contribution in [0.2, 0.25) is 0 Å². The van der Waals surface area contributed by atoms with Crippen molar-refractivity contribution in [1.29, 1.82) is 0 Å². The molecule has 2 aromatic heterocycles. The number of hydrogen-bond acceptors (Lipinski definition) is 2. The SMILES string of the molecule is CC.COc1c(Br)cnc2[nH]cc(C)c12. The molecule has 0 bridgehead atoms. The number of H-pyrrole nitrogens is 1. The fourth-order valence-electron chi connectivity index (χ4n) is 1.39. The van der Waals surface area contributed by atoms with Gasteiger partial charge in [0, 0.05) is 12.4 Å². The van der Waals surface area contributed by atoms with Crippen molar-refractivity contribution in [3.8, 4) is 5.75 Å². The molecular formula is C11H15BrN2O. The van der Waals surface area contributed by atoms with Crippen molar-refractivity contribution in [3.05, 3.63) is 22.4 Å². The van der Waals surface area contributed by atoms with Crippen molar-refractivity contribution in [2.45, 2.75) is 20.8 Å². The van der Waals surface area contributed by atoms with Crippen LogP contribution in [0.25, 0.3) is 11.0 Å². The third-order valence-corrected chi connectivity index (χ3v) is 2.58. The zero-order valence-electron chi connectivity index (χ0n) is 9.39. The summed E-state index contributed by atoms with van der Waals surface area (Å²) in [5, 5.41) is 1.04. The number of methoxy groups -OCH3 is 1. The smallest absolute Gasteiger partial charge is 0.145 e. The highest BCUT2D eigenvalue weighted by molar-refractivity contribution is 9.10. The van der Waals surface area contributed by atoms with Gasteiger partial charge in [0.25, 0.3) is 0 Å². The number of fused-ring (bicyclic) bond motifs is 1. The molecule has 0 aliphatic rings. The zero-order valence-corrected chi connectivity index (χ0v) is 11.0. The highest BCUT2D eigenvalue weighted by atomic mass is 79.9. The number of ether oxygens (including phenoxy) is 1. The Hall–Kier alpha value is -1.03. The fraction of sp³-hybridized carbons (Fsp3) is 0.364. The van der Waals surface area contributed by atoms with Gasteiger partial charge >= 0.3 is 0 Å². The number of rotatable bonds is 1. The lowest BCUT2D eigenvalue weighted by Gasteiger charge is -2.04. The van der Waals surface area contributed by atoms with Gasteiger partial charge in [-0.1, -0.05) is 13.8 Å². The quantitative estimate of drug-likeness (QED) is 0.859. The molecule has 15 heavy (non-hydrogen) atoms. The van der Waals surface area contributed by atoms with Crippen LogP contribution in [0.5, 0.6) is 5.75 Å². The third-order valence-electron chi connectivity index (χ3n) is 2.01. The second-order valence-electron chi connectivity index (χ2n) is 2.83. The number of hydrogen-bond donors (Lipinski definition) is 1. The lowest BCUT2D eigenvalue weighted by Crippen LogP contribution is -1.88. The van der Waals surface area contributed by atoms with Gasteiger partial charge in [-0.15, -0.1) is 0 Å². The highest BCUT2D eigenvalue weighted by Crippen LogP contribution is 2.33. The van der Waals surface area contributed by atoms with Gasteiger partial charge in [0.15, 0.2) is 0 Å². The second-order valence-corrected chi connectivity index (χ2v) is 3.69. The normalized spacial score (nSPS) is 9.67. The summed E-state index contributed by atoms with van der Waals surface area (Å²) in [4.78, 5) is 7.31. The highest BCUT2D eigenvalue weighted by Gasteiger charge is 2.10. The van der Waals surface area contributed by atoms with Crippen molar-refractivity contribution in [2.24, 2.45) is 0 Å². The van der Waals surface area contributed by atoms with Gasteiger partial charge in [-0.2, -0.15) is 0 Å². The molecule has 4 heteroatoms. The molecule has 0 fully saturated rings. The van der Waals surface area contributed by atoms with E-state index in [1.165, 1.54) is 0 Å². The number of aromatic nitrogens is 2. The van der Waals surface area contributed by atoms with Gasteiger partial charge in [-0.3, -0.25) is 0 Å². The molecule has 0 saturated heterocycles. The van der Waals surface area contributed by atoms with Crippen LogP contribution in [0.1, 0.15) is 19.4 Å². The first-order valence-electron chi connectivity index (χ1n) is 4.90. The monoisotopic (exact) mass is 270 g/mol. The molecule has 2 rings (SSSR count). The van der Waals surface area contributed by atoms with E-state index in [9.17, 15) is 0 Å². The van der Waals surface area contributed by atoms with Crippen LogP contribution in [0.15, 0.2) is 16.9 Å². The minimum Gasteiger partial charge on any atom is -0.495 e. The molecule has 0 atom stereocenters. The van der Waals surface area contributed by atoms with Crippen molar-refractivity contribution in [2.75, 3.05) is 7.11 Å². The van der Waals surface area contributed by atoms with E-state index in [2.05, 4.69) is 25.9 Å². The number of aryl methyl sites for hydroxylation is 1. The number of nitrogens with one attached hydrogen (secondary N) is 1. The first-order valence-corrected chi connectivity index (χ1v) is 5.69. The standard InChI is InChI=1S/C9H9BrN2O.C2H6/c1-5-3-11-9-7(5)8(13-2)6(10)4-12-9;1-2/h3-4H,1-2H3,(H,11,12);1-2H3. The molecule has 0 saturated carbocycles. The lowest BCUT2D eigenvalue weighted by molar-refractivity contribution is 0.416. The van der Waals surface area contributed by atoms with Crippen LogP contribution in [0.4, 0.5) is 0 Å². The summed E-state index contributed by atoms with van der Waals surface area (Å²) in [5.41, 5.74) is 2.00. The Kier molecular flexibility index (Phi) is 4.15. The maximum absolute atomic E-state index is 5.29. The topological polar surface area (TPSA) is 37.9 Å². The summed E-state index contributed by atoms with van der Waals surface area (Å²) in [7, 11) is 1.66. The number of aromatic amines is 1. The van der Waals surface area contributed by atoms with Gasteiger partial charge in [-0.05, 0) is 28.4 Å². The van der Waals surface area contributed by atoms with E-state index in [0.29, 0.717) is 0 Å². The first-order chi connectivity index (χ1) is 7.24. The van der Waals surface area contributed by atoms with Gasteiger partial charge in [0.1, 0.15) is 11.4 Å². The number of nitrogens with zero attached hydrogens (tertiary/aromatic N) is 1. The molecule has 2 aromatic rings. The molecule has 0 spiro atoms. The van der Waals surface area contributed by atoms with Crippen molar-refractivity contribution in [3.63, 3.8) is 0 Å². The molecule has 0 amide bonds. The molecule has 82 valence electrons. The third kappa shape index (κ3) is 2.15. The Morgan fingerprint density at radius 1 is 1.40 bits per heavy atom. The maximum atomic E-state index is 5.29. The van der Waals surface area contributed by atoms with Gasteiger partial charge < -0.3 is 9.72 Å². The predicted molar refractivity (Wildman–Crippen MR) is 66.4 cm³/mol. The Balaban J connectivity index is 0.000000531. The molecule has 0 unspecified atom stereocenters. The Bertz CT molecular complexity index is 451. The lowest BCUT2D eigenvalue weighted by atomic mass is 10.2. The van der Waals surface area contributed by atoms with E-state index in [1.54, 1.807) is 13.3 Å². The summed E-state index contributed by atoms with van der Waals surface area (Å²) >= 11 is 3.40. The molecule has 2 heterocycles. The molecule has 0 aliphatic heterocycles. The Morgan fingerprint density at radius 3 is 2.67 bits per heavy atom. The fourth-order valence-corrected chi connectivity index (χ4v) is 1.86. The van der Waals surface area contributed by atoms with Crippen LogP contribution in [-0.2, 0) is 0 Å². The molecular weight excluding hydrogens is 256 g/mol. The van der Waals surface area contributed by atoms with Gasteiger partial charge in [-0.25, -0.2) is 4.98 Å². The van der Waals surface area contributed by atoms with Crippen LogP contribution in [0.3, 0.4) is 0 Å². The average Bonchev–Trinajstić information content (AvgIpc) is 2.64. The minimum atomic E-state index is 0.837. The van der Waals surface area contributed by atoms with Crippen LogP contribution in [0, 0.1) is 6.92 Å². The molecule has 0 aromatic carbocycles. The second kappa shape index (κ2) is 5.16. The zero-order chi connectivity index (χ0) is 11.4. The average molecular weight is 271 g/mol. The number of pyridine rings is 1. The van der Waals surface area contributed by atoms with Crippen LogP contribution < -0.4 is 4.74 Å². The van der Waals surface area contributed by atoms with E-state index in [-0.39, 0.29) is 0 Å². The molecule has 0 radical (unpaired) electrons. The van der Waals surface area contributed by atoms with E-state index >= 15 is 0 Å². The molecule has 3 nitrogen and oxygen atoms in total. The van der Waals surface area contributed by atoms with Crippen LogP contribution in [-0.4, -0.2) is 17.1 Å². The minimum absolute atomic E-state index is 0.837. The van der Waals surface area contributed by atoms with Gasteiger partial charge in [0.05, 0.1) is 17.0 Å². The predicted octanol–water partition coefficient (Wildman–Crippen LogP) is 3.67. The van der Waals surface area contributed by atoms with E-state index < -0.39 is 0 Å². The Morgan fingerprint density at radius 2 is 2.07 bits per heavy atom. The summed E-state index contributed by atoms with van der Waals surface area (Å²) in [6.07, 6.45) is 3.66. The van der Waals surface area contributed by atoms with E-state index in [4.69, 9.17) is 4.74 Å². The summed E-state index contributed by atoms with van der Waals surface area (Å²) in [6, 6.07) is 0. The first kappa shape index (κ1) is 12.0. The van der Waals surface area contributed by atoms with Crippen LogP contribution >= 0.6 is 15.9 Å². The maximum Gasteiger partial charge on any atom is 0.145 e. The van der Waals surface area contributed by atoms with Crippen molar-refractivity contribution < 1.29 is 4.74 Å². The van der Waals surface area contributed by atoms with E-state index in [1.807, 2.05) is 27.0 Å². The summed E-state index contributed by atoms with van der Waals surface area (Å²) < 4.78 is 6.17. The summed E-state index contributed by atoms with van der Waals surface area (Å²) in [6.45, 7) is 6.02. The van der Waals surface area contributed by atoms with Crippen molar-refractivity contribution >= 4 is 27.0 Å². The summed E-state index contributed by atoms with van der Waals surface area (Å²) in [5.74, 6) is 0.837. The molecule has 0 aliphatic carbocycles. The molecule has 1 N–H and O–H groups in total. The largest absolute Gasteiger partial charge is 0.495 e. The van der Waals surface area contributed by atoms with Gasteiger partial charge in [0.2, 0.25) is 0 Å². The van der Waals surface area contributed by atoms with Crippen molar-refractivity contribution in [1.82, 2.24) is 9.97 Å².